The molecule has 1 saturated heterocycles. The first kappa shape index (κ1) is 24.8. The third kappa shape index (κ3) is 6.04. The molecular weight excluding hydrogens is 482 g/mol. The quantitative estimate of drug-likeness (QED) is 0.493. The average molecular weight is 510 g/mol. The van der Waals surface area contributed by atoms with Crippen LogP contribution in [0.2, 0.25) is 0 Å². The van der Waals surface area contributed by atoms with Crippen LogP contribution in [0.1, 0.15) is 26.9 Å². The number of benzene rings is 3. The van der Waals surface area contributed by atoms with Gasteiger partial charge in [-0.05, 0) is 47.9 Å². The van der Waals surface area contributed by atoms with Crippen molar-refractivity contribution in [1.82, 2.24) is 4.90 Å². The Bertz CT molecular complexity index is 1310. The van der Waals surface area contributed by atoms with Gasteiger partial charge in [0.2, 0.25) is 15.9 Å². The molecule has 0 spiro atoms. The topological polar surface area (TPSA) is 86.8 Å². The smallest absolute Gasteiger partial charge is 0.255 e. The molecule has 0 unspecified atom stereocenters. The Hall–Kier alpha value is -3.30. The largest absolute Gasteiger partial charge is 0.326 e. The number of amides is 2. The maximum absolute atomic E-state index is 12.8. The highest BCUT2D eigenvalue weighted by Gasteiger charge is 2.32. The Kier molecular flexibility index (Phi) is 7.47. The minimum atomic E-state index is -3.40. The predicted octanol–water partition coefficient (Wildman–Crippen LogP) is 4.15. The summed E-state index contributed by atoms with van der Waals surface area (Å²) >= 11 is 1.59. The van der Waals surface area contributed by atoms with Crippen LogP contribution < -0.4 is 9.62 Å². The van der Waals surface area contributed by atoms with Crippen molar-refractivity contribution in [1.29, 1.82) is 0 Å². The van der Waals surface area contributed by atoms with Gasteiger partial charge in [-0.1, -0.05) is 48.5 Å². The standard InChI is InChI=1S/C26H27N3O4S2/c1-28(35(2,32)33)23-10-6-9-22(17-23)27-25(31)20-11-13-21(14-12-20)26-29(24(30)18-34-26)16-15-19-7-4-3-5-8-19/h3-14,17,26H,15-16,18H2,1-2H3,(H,27,31)/t26-/m0/s1. The van der Waals surface area contributed by atoms with Gasteiger partial charge in [0.25, 0.3) is 5.91 Å². The van der Waals surface area contributed by atoms with Crippen molar-refractivity contribution >= 4 is 45.0 Å². The summed E-state index contributed by atoms with van der Waals surface area (Å²) in [7, 11) is -1.94. The van der Waals surface area contributed by atoms with Crippen molar-refractivity contribution in [3.05, 3.63) is 95.6 Å². The average Bonchev–Trinajstić information content (AvgIpc) is 3.22. The molecule has 182 valence electrons. The number of thioether (sulfide) groups is 1. The number of hydrogen-bond acceptors (Lipinski definition) is 5. The van der Waals surface area contributed by atoms with Crippen LogP contribution in [0.3, 0.4) is 0 Å². The lowest BCUT2D eigenvalue weighted by Gasteiger charge is -2.24. The van der Waals surface area contributed by atoms with Crippen molar-refractivity contribution in [2.45, 2.75) is 11.8 Å². The predicted molar refractivity (Wildman–Crippen MR) is 141 cm³/mol. The lowest BCUT2D eigenvalue weighted by atomic mass is 10.1. The lowest BCUT2D eigenvalue weighted by Crippen LogP contribution is -2.30. The maximum atomic E-state index is 12.8. The molecule has 0 aliphatic carbocycles. The molecule has 3 aromatic rings. The van der Waals surface area contributed by atoms with E-state index in [1.807, 2.05) is 35.2 Å². The number of hydrogen-bond donors (Lipinski definition) is 1. The van der Waals surface area contributed by atoms with E-state index in [1.165, 1.54) is 12.6 Å². The number of nitrogens with zero attached hydrogens (tertiary/aromatic N) is 2. The highest BCUT2D eigenvalue weighted by Crippen LogP contribution is 2.38. The number of carbonyl (C=O) groups excluding carboxylic acids is 2. The Labute approximate surface area is 210 Å². The van der Waals surface area contributed by atoms with Crippen molar-refractivity contribution in [3.8, 4) is 0 Å². The fourth-order valence-electron chi connectivity index (χ4n) is 3.84. The summed E-state index contributed by atoms with van der Waals surface area (Å²) in [6.45, 7) is 0.640. The Balaban J connectivity index is 1.43. The number of carbonyl (C=O) groups is 2. The van der Waals surface area contributed by atoms with Crippen LogP contribution in [0.4, 0.5) is 11.4 Å². The zero-order valence-corrected chi connectivity index (χ0v) is 21.2. The molecule has 1 atom stereocenters. The highest BCUT2D eigenvalue weighted by molar-refractivity contribution is 8.00. The minimum Gasteiger partial charge on any atom is -0.326 e. The van der Waals surface area contributed by atoms with E-state index in [9.17, 15) is 18.0 Å². The first-order valence-electron chi connectivity index (χ1n) is 11.1. The minimum absolute atomic E-state index is 0.0773. The second kappa shape index (κ2) is 10.5. The molecule has 9 heteroatoms. The summed E-state index contributed by atoms with van der Waals surface area (Å²) in [6, 6.07) is 24.0. The van der Waals surface area contributed by atoms with E-state index >= 15 is 0 Å². The van der Waals surface area contributed by atoms with Crippen LogP contribution >= 0.6 is 11.8 Å². The van der Waals surface area contributed by atoms with Gasteiger partial charge in [-0.2, -0.15) is 0 Å². The maximum Gasteiger partial charge on any atom is 0.255 e. The molecule has 4 rings (SSSR count). The molecule has 1 fully saturated rings. The first-order chi connectivity index (χ1) is 16.7. The summed E-state index contributed by atoms with van der Waals surface area (Å²) < 4.78 is 24.7. The molecule has 0 saturated carbocycles. The van der Waals surface area contributed by atoms with E-state index in [-0.39, 0.29) is 17.2 Å². The molecule has 3 aromatic carbocycles. The first-order valence-corrected chi connectivity index (χ1v) is 14.0. The summed E-state index contributed by atoms with van der Waals surface area (Å²) in [5, 5.41) is 2.74. The van der Waals surface area contributed by atoms with Crippen LogP contribution in [0.15, 0.2) is 78.9 Å². The van der Waals surface area contributed by atoms with Crippen LogP contribution in [0, 0.1) is 0 Å². The fraction of sp³-hybridized carbons (Fsp3) is 0.231. The van der Waals surface area contributed by atoms with Gasteiger partial charge in [-0.25, -0.2) is 8.42 Å². The van der Waals surface area contributed by atoms with Gasteiger partial charge in [0.15, 0.2) is 0 Å². The van der Waals surface area contributed by atoms with E-state index < -0.39 is 10.0 Å². The lowest BCUT2D eigenvalue weighted by molar-refractivity contribution is -0.128. The van der Waals surface area contributed by atoms with Gasteiger partial charge in [-0.3, -0.25) is 13.9 Å². The van der Waals surface area contributed by atoms with Crippen molar-refractivity contribution in [2.24, 2.45) is 0 Å². The van der Waals surface area contributed by atoms with Gasteiger partial charge in [0.1, 0.15) is 5.37 Å². The number of anilines is 2. The van der Waals surface area contributed by atoms with E-state index in [4.69, 9.17) is 0 Å². The molecule has 1 N–H and O–H groups in total. The van der Waals surface area contributed by atoms with E-state index in [2.05, 4.69) is 17.4 Å². The van der Waals surface area contributed by atoms with E-state index in [1.54, 1.807) is 48.2 Å². The van der Waals surface area contributed by atoms with Gasteiger partial charge in [0.05, 0.1) is 17.7 Å². The molecule has 0 radical (unpaired) electrons. The molecule has 1 aliphatic rings. The fourth-order valence-corrected chi connectivity index (χ4v) is 5.55. The third-order valence-corrected chi connectivity index (χ3v) is 8.34. The summed E-state index contributed by atoms with van der Waals surface area (Å²) in [4.78, 5) is 27.2. The second-order valence-corrected chi connectivity index (χ2v) is 11.4. The monoisotopic (exact) mass is 509 g/mol. The Morgan fingerprint density at radius 2 is 1.77 bits per heavy atom. The highest BCUT2D eigenvalue weighted by atomic mass is 32.2. The molecule has 1 aliphatic heterocycles. The van der Waals surface area contributed by atoms with E-state index in [0.29, 0.717) is 29.2 Å². The summed E-state index contributed by atoms with van der Waals surface area (Å²) in [5.41, 5.74) is 3.59. The molecule has 1 heterocycles. The van der Waals surface area contributed by atoms with Gasteiger partial charge in [0, 0.05) is 24.8 Å². The number of rotatable bonds is 8. The summed E-state index contributed by atoms with van der Waals surface area (Å²) in [5.74, 6) is 0.267. The van der Waals surface area contributed by atoms with Gasteiger partial charge in [-0.15, -0.1) is 11.8 Å². The van der Waals surface area contributed by atoms with Gasteiger partial charge >= 0.3 is 0 Å². The van der Waals surface area contributed by atoms with Crippen molar-refractivity contribution < 1.29 is 18.0 Å². The van der Waals surface area contributed by atoms with Crippen LogP contribution in [-0.2, 0) is 21.2 Å². The van der Waals surface area contributed by atoms with Crippen molar-refractivity contribution in [2.75, 3.05) is 35.2 Å². The van der Waals surface area contributed by atoms with Crippen LogP contribution in [0.5, 0.6) is 0 Å². The van der Waals surface area contributed by atoms with Crippen molar-refractivity contribution in [3.63, 3.8) is 0 Å². The molecular formula is C26H27N3O4S2. The van der Waals surface area contributed by atoms with Gasteiger partial charge < -0.3 is 10.2 Å². The molecule has 0 bridgehead atoms. The normalized spacial score (nSPS) is 15.8. The third-order valence-electron chi connectivity index (χ3n) is 5.88. The molecule has 2 amide bonds. The SMILES string of the molecule is CN(c1cccc(NC(=O)c2ccc([C@@H]3SCC(=O)N3CCc3ccccc3)cc2)c1)S(C)(=O)=O. The van der Waals surface area contributed by atoms with Crippen LogP contribution in [0.25, 0.3) is 0 Å². The van der Waals surface area contributed by atoms with Crippen LogP contribution in [-0.4, -0.2) is 50.7 Å². The zero-order chi connectivity index (χ0) is 25.0. The Morgan fingerprint density at radius 1 is 1.06 bits per heavy atom. The number of nitrogens with one attached hydrogen (secondary N) is 1. The Morgan fingerprint density at radius 3 is 2.46 bits per heavy atom. The zero-order valence-electron chi connectivity index (χ0n) is 19.5. The molecule has 7 nitrogen and oxygen atoms in total. The summed E-state index contributed by atoms with van der Waals surface area (Å²) in [6.07, 6.45) is 1.91. The number of sulfonamides is 1. The van der Waals surface area contributed by atoms with E-state index in [0.717, 1.165) is 22.5 Å². The second-order valence-electron chi connectivity index (χ2n) is 8.34. The molecule has 0 aromatic heterocycles. The molecule has 35 heavy (non-hydrogen) atoms.